The van der Waals surface area contributed by atoms with Crippen LogP contribution in [0.15, 0.2) is 42.0 Å². The van der Waals surface area contributed by atoms with Gasteiger partial charge in [-0.05, 0) is 49.6 Å². The second kappa shape index (κ2) is 6.66. The van der Waals surface area contributed by atoms with Crippen molar-refractivity contribution < 1.29 is 9.90 Å². The highest BCUT2D eigenvalue weighted by atomic mass is 32.1. The Kier molecular flexibility index (Phi) is 4.34. The standard InChI is InChI=1S/C19H20N4O2S/c1-13-2-5-17(20-11-13)19(25)6-8-23(9-7-19)18(24)22-14-3-4-16-15(10-14)21-12-26-16/h2-5,10-12,25H,6-9H2,1H3,(H,22,24). The summed E-state index contributed by atoms with van der Waals surface area (Å²) in [6, 6.07) is 9.39. The van der Waals surface area contributed by atoms with Gasteiger partial charge in [-0.15, -0.1) is 11.3 Å². The second-order valence-electron chi connectivity index (χ2n) is 6.70. The van der Waals surface area contributed by atoms with E-state index in [4.69, 9.17) is 0 Å². The van der Waals surface area contributed by atoms with Crippen LogP contribution in [0.4, 0.5) is 10.5 Å². The number of benzene rings is 1. The van der Waals surface area contributed by atoms with Crippen LogP contribution < -0.4 is 5.32 Å². The number of aliphatic hydroxyl groups is 1. The summed E-state index contributed by atoms with van der Waals surface area (Å²) in [6.45, 7) is 2.93. The Bertz CT molecular complexity index is 930. The van der Waals surface area contributed by atoms with Crippen molar-refractivity contribution in [2.45, 2.75) is 25.4 Å². The van der Waals surface area contributed by atoms with Gasteiger partial charge in [-0.1, -0.05) is 6.07 Å². The van der Waals surface area contributed by atoms with Gasteiger partial charge in [0, 0.05) is 25.0 Å². The molecule has 1 aliphatic heterocycles. The molecule has 0 spiro atoms. The van der Waals surface area contributed by atoms with E-state index in [1.165, 1.54) is 0 Å². The van der Waals surface area contributed by atoms with Gasteiger partial charge in [0.1, 0.15) is 5.60 Å². The lowest BCUT2D eigenvalue weighted by atomic mass is 9.87. The molecular weight excluding hydrogens is 348 g/mol. The molecule has 1 fully saturated rings. The van der Waals surface area contributed by atoms with Crippen molar-refractivity contribution in [1.82, 2.24) is 14.9 Å². The fourth-order valence-corrected chi connectivity index (χ4v) is 3.88. The van der Waals surface area contributed by atoms with E-state index >= 15 is 0 Å². The maximum Gasteiger partial charge on any atom is 0.321 e. The Balaban J connectivity index is 1.40. The Morgan fingerprint density at radius 2 is 2.04 bits per heavy atom. The van der Waals surface area contributed by atoms with E-state index in [9.17, 15) is 9.90 Å². The highest BCUT2D eigenvalue weighted by Crippen LogP contribution is 2.32. The topological polar surface area (TPSA) is 78.4 Å². The predicted octanol–water partition coefficient (Wildman–Crippen LogP) is 3.52. The number of urea groups is 1. The summed E-state index contributed by atoms with van der Waals surface area (Å²) in [5.41, 5.74) is 4.18. The van der Waals surface area contributed by atoms with E-state index in [1.807, 2.05) is 37.3 Å². The molecule has 4 rings (SSSR count). The van der Waals surface area contributed by atoms with Gasteiger partial charge in [0.15, 0.2) is 0 Å². The van der Waals surface area contributed by atoms with Gasteiger partial charge in [0.2, 0.25) is 0 Å². The number of piperidine rings is 1. The minimum atomic E-state index is -0.968. The number of anilines is 1. The summed E-state index contributed by atoms with van der Waals surface area (Å²) in [4.78, 5) is 22.9. The first-order valence-electron chi connectivity index (χ1n) is 8.58. The predicted molar refractivity (Wildman–Crippen MR) is 102 cm³/mol. The molecule has 0 aliphatic carbocycles. The number of nitrogens with one attached hydrogen (secondary N) is 1. The molecular formula is C19H20N4O2S. The first-order chi connectivity index (χ1) is 12.5. The molecule has 26 heavy (non-hydrogen) atoms. The lowest BCUT2D eigenvalue weighted by molar-refractivity contribution is -0.0193. The van der Waals surface area contributed by atoms with Crippen LogP contribution in [0, 0.1) is 6.92 Å². The number of hydrogen-bond donors (Lipinski definition) is 2. The zero-order chi connectivity index (χ0) is 18.1. The van der Waals surface area contributed by atoms with Gasteiger partial charge < -0.3 is 15.3 Å². The summed E-state index contributed by atoms with van der Waals surface area (Å²) < 4.78 is 1.09. The monoisotopic (exact) mass is 368 g/mol. The molecule has 7 heteroatoms. The smallest absolute Gasteiger partial charge is 0.321 e. The quantitative estimate of drug-likeness (QED) is 0.725. The van der Waals surface area contributed by atoms with Crippen LogP contribution >= 0.6 is 11.3 Å². The highest BCUT2D eigenvalue weighted by Gasteiger charge is 2.36. The summed E-state index contributed by atoms with van der Waals surface area (Å²) in [7, 11) is 0. The van der Waals surface area contributed by atoms with Gasteiger partial charge in [-0.25, -0.2) is 9.78 Å². The number of amides is 2. The van der Waals surface area contributed by atoms with E-state index in [0.717, 1.165) is 21.5 Å². The summed E-state index contributed by atoms with van der Waals surface area (Å²) in [6.07, 6.45) is 2.71. The largest absolute Gasteiger partial charge is 0.383 e. The molecule has 6 nitrogen and oxygen atoms in total. The van der Waals surface area contributed by atoms with Crippen molar-refractivity contribution in [3.8, 4) is 0 Å². The highest BCUT2D eigenvalue weighted by molar-refractivity contribution is 7.16. The van der Waals surface area contributed by atoms with Crippen LogP contribution in [0.25, 0.3) is 10.2 Å². The van der Waals surface area contributed by atoms with Crippen LogP contribution in [0.2, 0.25) is 0 Å². The molecule has 1 saturated heterocycles. The van der Waals surface area contributed by atoms with Gasteiger partial charge in [-0.2, -0.15) is 0 Å². The summed E-state index contributed by atoms with van der Waals surface area (Å²) in [5.74, 6) is 0. The average molecular weight is 368 g/mol. The Morgan fingerprint density at radius 1 is 1.23 bits per heavy atom. The first kappa shape index (κ1) is 16.9. The Morgan fingerprint density at radius 3 is 2.77 bits per heavy atom. The fourth-order valence-electron chi connectivity index (χ4n) is 3.22. The molecule has 0 bridgehead atoms. The number of carbonyl (C=O) groups excluding carboxylic acids is 1. The van der Waals surface area contributed by atoms with E-state index in [-0.39, 0.29) is 6.03 Å². The molecule has 2 N–H and O–H groups in total. The number of likely N-dealkylation sites (tertiary alicyclic amines) is 1. The number of carbonyl (C=O) groups is 1. The molecule has 0 atom stereocenters. The van der Waals surface area contributed by atoms with Gasteiger partial charge in [0.25, 0.3) is 0 Å². The zero-order valence-corrected chi connectivity index (χ0v) is 15.3. The van der Waals surface area contributed by atoms with E-state index < -0.39 is 5.60 Å². The fraction of sp³-hybridized carbons (Fsp3) is 0.316. The summed E-state index contributed by atoms with van der Waals surface area (Å²) in [5, 5.41) is 13.8. The average Bonchev–Trinajstić information content (AvgIpc) is 3.10. The van der Waals surface area contributed by atoms with Crippen molar-refractivity contribution in [3.05, 3.63) is 53.3 Å². The number of pyridine rings is 1. The van der Waals surface area contributed by atoms with Crippen molar-refractivity contribution in [2.75, 3.05) is 18.4 Å². The van der Waals surface area contributed by atoms with Gasteiger partial charge >= 0.3 is 6.03 Å². The van der Waals surface area contributed by atoms with Crippen LogP contribution in [0.3, 0.4) is 0 Å². The van der Waals surface area contributed by atoms with Crippen LogP contribution in [-0.2, 0) is 5.60 Å². The van der Waals surface area contributed by atoms with Crippen LogP contribution in [0.5, 0.6) is 0 Å². The lowest BCUT2D eigenvalue weighted by Crippen LogP contribution is -2.47. The van der Waals surface area contributed by atoms with Crippen LogP contribution in [0.1, 0.15) is 24.1 Å². The number of rotatable bonds is 2. The van der Waals surface area contributed by atoms with Gasteiger partial charge in [0.05, 0.1) is 21.4 Å². The molecule has 3 aromatic rings. The molecule has 0 radical (unpaired) electrons. The minimum absolute atomic E-state index is 0.154. The Labute approximate surface area is 155 Å². The first-order valence-corrected chi connectivity index (χ1v) is 9.46. The third-order valence-corrected chi connectivity index (χ3v) is 5.66. The number of hydrogen-bond acceptors (Lipinski definition) is 5. The number of thiazole rings is 1. The molecule has 2 aromatic heterocycles. The van der Waals surface area contributed by atoms with E-state index in [1.54, 1.807) is 27.9 Å². The Hall–Kier alpha value is -2.51. The number of nitrogens with zero attached hydrogens (tertiary/aromatic N) is 3. The third kappa shape index (κ3) is 3.27. The molecule has 0 saturated carbocycles. The number of aryl methyl sites for hydroxylation is 1. The molecule has 2 amide bonds. The molecule has 3 heterocycles. The third-order valence-electron chi connectivity index (χ3n) is 4.85. The number of fused-ring (bicyclic) bond motifs is 1. The maximum atomic E-state index is 12.5. The van der Waals surface area contributed by atoms with Crippen molar-refractivity contribution in [2.24, 2.45) is 0 Å². The summed E-state index contributed by atoms with van der Waals surface area (Å²) >= 11 is 1.57. The van der Waals surface area contributed by atoms with E-state index in [0.29, 0.717) is 31.6 Å². The molecule has 134 valence electrons. The van der Waals surface area contributed by atoms with Crippen LogP contribution in [-0.4, -0.2) is 39.1 Å². The van der Waals surface area contributed by atoms with Gasteiger partial charge in [-0.3, -0.25) is 4.98 Å². The van der Waals surface area contributed by atoms with Crippen molar-refractivity contribution in [1.29, 1.82) is 0 Å². The lowest BCUT2D eigenvalue weighted by Gasteiger charge is -2.37. The minimum Gasteiger partial charge on any atom is -0.383 e. The molecule has 1 aliphatic rings. The molecule has 0 unspecified atom stereocenters. The normalized spacial score (nSPS) is 16.6. The second-order valence-corrected chi connectivity index (χ2v) is 7.59. The molecule has 1 aromatic carbocycles. The zero-order valence-electron chi connectivity index (χ0n) is 14.5. The SMILES string of the molecule is Cc1ccc(C2(O)CCN(C(=O)Nc3ccc4scnc4c3)CC2)nc1. The van der Waals surface area contributed by atoms with E-state index in [2.05, 4.69) is 15.3 Å². The maximum absolute atomic E-state index is 12.5. The van der Waals surface area contributed by atoms with Crippen molar-refractivity contribution >= 4 is 33.3 Å². The number of aromatic nitrogens is 2. The van der Waals surface area contributed by atoms with Crippen molar-refractivity contribution in [3.63, 3.8) is 0 Å².